The van der Waals surface area contributed by atoms with Crippen molar-refractivity contribution in [3.63, 3.8) is 0 Å². The van der Waals surface area contributed by atoms with Crippen LogP contribution in [0.5, 0.6) is 5.75 Å². The second-order valence-corrected chi connectivity index (χ2v) is 6.90. The van der Waals surface area contributed by atoms with Gasteiger partial charge in [-0.15, -0.1) is 0 Å². The molecule has 1 saturated heterocycles. The lowest BCUT2D eigenvalue weighted by molar-refractivity contribution is -0.306. The van der Waals surface area contributed by atoms with Crippen LogP contribution in [0.1, 0.15) is 11.1 Å². The van der Waals surface area contributed by atoms with Crippen molar-refractivity contribution in [1.82, 2.24) is 0 Å². The molecular weight excluding hydrogens is 376 g/mol. The topological polar surface area (TPSA) is 86.6 Å². The van der Waals surface area contributed by atoms with Crippen LogP contribution >= 0.6 is 0 Å². The number of ether oxygens (including phenoxy) is 5. The van der Waals surface area contributed by atoms with Gasteiger partial charge in [-0.1, -0.05) is 42.5 Å². The lowest BCUT2D eigenvalue weighted by atomic mass is 9.98. The molecule has 158 valence electrons. The van der Waals surface area contributed by atoms with Crippen LogP contribution in [-0.4, -0.2) is 61.7 Å². The molecule has 0 spiro atoms. The largest absolute Gasteiger partial charge is 0.497 e. The first kappa shape index (κ1) is 21.7. The van der Waals surface area contributed by atoms with Crippen LogP contribution in [0.15, 0.2) is 54.6 Å². The summed E-state index contributed by atoms with van der Waals surface area (Å²) in [7, 11) is 3.16. The zero-order valence-electron chi connectivity index (χ0n) is 16.6. The molecule has 1 fully saturated rings. The fourth-order valence-electron chi connectivity index (χ4n) is 3.28. The van der Waals surface area contributed by atoms with Gasteiger partial charge in [0.05, 0.1) is 26.9 Å². The van der Waals surface area contributed by atoms with E-state index in [0.29, 0.717) is 0 Å². The van der Waals surface area contributed by atoms with E-state index in [1.165, 1.54) is 0 Å². The second kappa shape index (κ2) is 10.7. The zero-order chi connectivity index (χ0) is 20.6. The van der Waals surface area contributed by atoms with Gasteiger partial charge in [0.25, 0.3) is 0 Å². The number of aliphatic hydroxyl groups excluding tert-OH is 2. The van der Waals surface area contributed by atoms with Crippen LogP contribution in [0, 0.1) is 0 Å². The van der Waals surface area contributed by atoms with Crippen molar-refractivity contribution in [1.29, 1.82) is 0 Å². The summed E-state index contributed by atoms with van der Waals surface area (Å²) in [5.74, 6) is 0.759. The predicted molar refractivity (Wildman–Crippen MR) is 105 cm³/mol. The number of aliphatic hydroxyl groups is 2. The quantitative estimate of drug-likeness (QED) is 0.660. The highest BCUT2D eigenvalue weighted by molar-refractivity contribution is 5.26. The van der Waals surface area contributed by atoms with Crippen molar-refractivity contribution in [3.8, 4) is 5.75 Å². The Morgan fingerprint density at radius 1 is 0.828 bits per heavy atom. The molecule has 1 unspecified atom stereocenters. The van der Waals surface area contributed by atoms with Crippen molar-refractivity contribution in [3.05, 3.63) is 65.7 Å². The fraction of sp³-hybridized carbons (Fsp3) is 0.455. The minimum Gasteiger partial charge on any atom is -0.497 e. The van der Waals surface area contributed by atoms with Crippen LogP contribution < -0.4 is 4.74 Å². The molecule has 2 aromatic rings. The lowest BCUT2D eigenvalue weighted by Gasteiger charge is -2.42. The van der Waals surface area contributed by atoms with Gasteiger partial charge in [0, 0.05) is 7.11 Å². The molecule has 0 amide bonds. The monoisotopic (exact) mass is 404 g/mol. The van der Waals surface area contributed by atoms with Gasteiger partial charge in [0.15, 0.2) is 6.29 Å². The smallest absolute Gasteiger partial charge is 0.184 e. The first-order chi connectivity index (χ1) is 14.1. The van der Waals surface area contributed by atoms with Crippen molar-refractivity contribution in [2.45, 2.75) is 43.9 Å². The van der Waals surface area contributed by atoms with Gasteiger partial charge in [-0.3, -0.25) is 0 Å². The van der Waals surface area contributed by atoms with E-state index in [0.717, 1.165) is 16.9 Å². The summed E-state index contributed by atoms with van der Waals surface area (Å²) in [6.45, 7) is 0.756. The SMILES string of the molecule is COC[C@H]1OC(O)[C@@H](O)[C@@H](OCc2ccccc2)[C@@H]1OCc1ccc(OC)cc1. The van der Waals surface area contributed by atoms with Gasteiger partial charge in [0.1, 0.15) is 30.2 Å². The normalized spacial score (nSPS) is 27.0. The molecule has 2 aromatic carbocycles. The number of rotatable bonds is 9. The van der Waals surface area contributed by atoms with Gasteiger partial charge < -0.3 is 33.9 Å². The molecule has 0 aliphatic carbocycles. The average Bonchev–Trinajstić information content (AvgIpc) is 2.75. The maximum absolute atomic E-state index is 10.5. The summed E-state index contributed by atoms with van der Waals surface area (Å²) in [4.78, 5) is 0. The Balaban J connectivity index is 1.72. The Bertz CT molecular complexity index is 722. The summed E-state index contributed by atoms with van der Waals surface area (Å²) < 4.78 is 28.0. The highest BCUT2D eigenvalue weighted by Gasteiger charge is 2.46. The molecule has 0 bridgehead atoms. The molecule has 0 aromatic heterocycles. The van der Waals surface area contributed by atoms with Crippen LogP contribution in [0.2, 0.25) is 0 Å². The summed E-state index contributed by atoms with van der Waals surface area (Å²) in [5.41, 5.74) is 1.89. The molecule has 29 heavy (non-hydrogen) atoms. The average molecular weight is 404 g/mol. The molecule has 1 heterocycles. The van der Waals surface area contributed by atoms with Crippen molar-refractivity contribution in [2.75, 3.05) is 20.8 Å². The van der Waals surface area contributed by atoms with Crippen LogP contribution in [0.3, 0.4) is 0 Å². The van der Waals surface area contributed by atoms with Gasteiger partial charge in [-0.05, 0) is 23.3 Å². The minimum atomic E-state index is -1.38. The van der Waals surface area contributed by atoms with E-state index in [-0.39, 0.29) is 19.8 Å². The molecule has 7 nitrogen and oxygen atoms in total. The third-order valence-electron chi connectivity index (χ3n) is 4.85. The molecule has 1 aliphatic heterocycles. The number of methoxy groups -OCH3 is 2. The maximum atomic E-state index is 10.5. The first-order valence-electron chi connectivity index (χ1n) is 9.53. The van der Waals surface area contributed by atoms with E-state index >= 15 is 0 Å². The van der Waals surface area contributed by atoms with Crippen molar-refractivity contribution in [2.24, 2.45) is 0 Å². The van der Waals surface area contributed by atoms with E-state index in [1.54, 1.807) is 14.2 Å². The number of benzene rings is 2. The first-order valence-corrected chi connectivity index (χ1v) is 9.53. The Labute approximate surface area is 170 Å². The van der Waals surface area contributed by atoms with Crippen molar-refractivity contribution >= 4 is 0 Å². The third kappa shape index (κ3) is 5.76. The van der Waals surface area contributed by atoms with Gasteiger partial charge in [-0.25, -0.2) is 0 Å². The molecule has 5 atom stereocenters. The molecule has 0 radical (unpaired) electrons. The highest BCUT2D eigenvalue weighted by atomic mass is 16.7. The highest BCUT2D eigenvalue weighted by Crippen LogP contribution is 2.27. The Morgan fingerprint density at radius 2 is 1.45 bits per heavy atom. The summed E-state index contributed by atoms with van der Waals surface area (Å²) >= 11 is 0. The Hall–Kier alpha value is -2.00. The third-order valence-corrected chi connectivity index (χ3v) is 4.85. The molecule has 7 heteroatoms. The molecule has 2 N–H and O–H groups in total. The maximum Gasteiger partial charge on any atom is 0.184 e. The van der Waals surface area contributed by atoms with E-state index < -0.39 is 30.7 Å². The van der Waals surface area contributed by atoms with Crippen molar-refractivity contribution < 1.29 is 33.9 Å². The molecular formula is C22H28O7. The van der Waals surface area contributed by atoms with E-state index in [1.807, 2.05) is 54.6 Å². The van der Waals surface area contributed by atoms with Crippen LogP contribution in [0.4, 0.5) is 0 Å². The molecule has 1 aliphatic rings. The summed E-state index contributed by atoms with van der Waals surface area (Å²) in [6, 6.07) is 17.1. The van der Waals surface area contributed by atoms with E-state index in [4.69, 9.17) is 23.7 Å². The fourth-order valence-corrected chi connectivity index (χ4v) is 3.28. The van der Waals surface area contributed by atoms with Gasteiger partial charge >= 0.3 is 0 Å². The predicted octanol–water partition coefficient (Wildman–Crippen LogP) is 1.89. The Kier molecular flexibility index (Phi) is 8.00. The van der Waals surface area contributed by atoms with Gasteiger partial charge in [-0.2, -0.15) is 0 Å². The summed E-state index contributed by atoms with van der Waals surface area (Å²) in [6.07, 6.45) is -4.61. The minimum absolute atomic E-state index is 0.197. The molecule has 0 saturated carbocycles. The zero-order valence-corrected chi connectivity index (χ0v) is 16.6. The summed E-state index contributed by atoms with van der Waals surface area (Å²) in [5, 5.41) is 20.6. The van der Waals surface area contributed by atoms with E-state index in [2.05, 4.69) is 0 Å². The molecule has 3 rings (SSSR count). The Morgan fingerprint density at radius 3 is 2.07 bits per heavy atom. The lowest BCUT2D eigenvalue weighted by Crippen LogP contribution is -2.60. The standard InChI is InChI=1S/C22H28O7/c1-25-14-18-20(27-13-16-8-10-17(26-2)11-9-16)21(19(23)22(24)29-18)28-12-15-6-4-3-5-7-15/h3-11,18-24H,12-14H2,1-2H3/t18-,19+,20-,21-,22?/m1/s1. The van der Waals surface area contributed by atoms with Crippen LogP contribution in [-0.2, 0) is 32.2 Å². The van der Waals surface area contributed by atoms with E-state index in [9.17, 15) is 10.2 Å². The van der Waals surface area contributed by atoms with Gasteiger partial charge in [0.2, 0.25) is 0 Å². The second-order valence-electron chi connectivity index (χ2n) is 6.90. The number of hydrogen-bond acceptors (Lipinski definition) is 7. The van der Waals surface area contributed by atoms with Crippen LogP contribution in [0.25, 0.3) is 0 Å². The number of hydrogen-bond donors (Lipinski definition) is 2.